The van der Waals surface area contributed by atoms with Gasteiger partial charge in [-0.3, -0.25) is 0 Å². The zero-order chi connectivity index (χ0) is 21.9. The summed E-state index contributed by atoms with van der Waals surface area (Å²) in [6.07, 6.45) is -2.09. The molecule has 0 saturated heterocycles. The summed E-state index contributed by atoms with van der Waals surface area (Å²) in [6.45, 7) is 11.2. The molecule has 0 aromatic heterocycles. The van der Waals surface area contributed by atoms with Crippen molar-refractivity contribution in [2.75, 3.05) is 0 Å². The third-order valence-corrected chi connectivity index (χ3v) is 3.15. The fraction of sp³-hybridized carbons (Fsp3) is 0.526. The molecule has 0 aliphatic rings. The van der Waals surface area contributed by atoms with Crippen LogP contribution in [0, 0.1) is 0 Å². The van der Waals surface area contributed by atoms with E-state index < -0.39 is 35.0 Å². The molecule has 9 heteroatoms. The Kier molecular flexibility index (Phi) is 6.68. The van der Waals surface area contributed by atoms with E-state index in [9.17, 15) is 19.5 Å². The van der Waals surface area contributed by atoms with Crippen molar-refractivity contribution in [1.82, 2.24) is 0 Å². The van der Waals surface area contributed by atoms with Gasteiger partial charge in [-0.25, -0.2) is 14.4 Å². The minimum Gasteiger partial charge on any atom is -0.480 e. The predicted octanol–water partition coefficient (Wildman–Crippen LogP) is 3.57. The van der Waals surface area contributed by atoms with Gasteiger partial charge in [0.2, 0.25) is 0 Å². The Labute approximate surface area is 163 Å². The molecule has 0 bridgehead atoms. The average Bonchev–Trinajstić information content (AvgIpc) is 2.44. The lowest BCUT2D eigenvalue weighted by Gasteiger charge is -2.23. The molecule has 1 atom stereocenters. The minimum atomic E-state index is -1.77. The largest absolute Gasteiger partial charge is 0.514 e. The monoisotopic (exact) mass is 397 g/mol. The maximum Gasteiger partial charge on any atom is 0.514 e. The lowest BCUT2D eigenvalue weighted by molar-refractivity contribution is -0.143. The number of hydrogen-bond donors (Lipinski definition) is 2. The molecular weight excluding hydrogens is 370 g/mol. The summed E-state index contributed by atoms with van der Waals surface area (Å²) in [4.78, 5) is 35.4. The van der Waals surface area contributed by atoms with E-state index in [0.29, 0.717) is 0 Å². The van der Waals surface area contributed by atoms with Crippen LogP contribution in [0.15, 0.2) is 18.2 Å². The van der Waals surface area contributed by atoms with Crippen molar-refractivity contribution in [3.63, 3.8) is 0 Å². The van der Waals surface area contributed by atoms with Crippen LogP contribution in [0.4, 0.5) is 9.59 Å². The maximum absolute atomic E-state index is 12.0. The molecule has 0 radical (unpaired) electrons. The Morgan fingerprint density at radius 1 is 0.821 bits per heavy atom. The highest BCUT2D eigenvalue weighted by atomic mass is 16.8. The van der Waals surface area contributed by atoms with Gasteiger partial charge in [0.25, 0.3) is 0 Å². The third kappa shape index (κ3) is 7.07. The van der Waals surface area contributed by atoms with E-state index in [4.69, 9.17) is 24.7 Å². The number of carbonyl (C=O) groups is 3. The topological polar surface area (TPSA) is 134 Å². The number of nitrogens with two attached hydrogens (primary N) is 1. The Bertz CT molecular complexity index is 756. The molecule has 0 saturated carbocycles. The van der Waals surface area contributed by atoms with Crippen molar-refractivity contribution in [3.05, 3.63) is 23.8 Å². The van der Waals surface area contributed by atoms with Crippen LogP contribution in [0.1, 0.15) is 54.0 Å². The van der Waals surface area contributed by atoms with Crippen molar-refractivity contribution >= 4 is 18.3 Å². The Balaban J connectivity index is 3.25. The number of rotatable bonds is 4. The van der Waals surface area contributed by atoms with E-state index in [2.05, 4.69) is 0 Å². The molecule has 0 fully saturated rings. The van der Waals surface area contributed by atoms with Gasteiger partial charge in [0.05, 0.1) is 0 Å². The van der Waals surface area contributed by atoms with Crippen LogP contribution in [0.3, 0.4) is 0 Å². The molecule has 9 nitrogen and oxygen atoms in total. The lowest BCUT2D eigenvalue weighted by atomic mass is 9.93. The smallest absolute Gasteiger partial charge is 0.480 e. The van der Waals surface area contributed by atoms with Crippen LogP contribution in [0.5, 0.6) is 11.5 Å². The number of carbonyl (C=O) groups excluding carboxylic acids is 2. The summed E-state index contributed by atoms with van der Waals surface area (Å²) in [6, 6.07) is 3.79. The molecule has 28 heavy (non-hydrogen) atoms. The van der Waals surface area contributed by atoms with Crippen LogP contribution in [0.25, 0.3) is 0 Å². The number of aliphatic carboxylic acids is 1. The molecule has 0 spiro atoms. The van der Waals surface area contributed by atoms with Gasteiger partial charge in [0, 0.05) is 0 Å². The second-order valence-corrected chi connectivity index (χ2v) is 8.30. The van der Waals surface area contributed by atoms with Gasteiger partial charge in [-0.2, -0.15) is 0 Å². The molecule has 1 aromatic carbocycles. The average molecular weight is 397 g/mol. The standard InChI is InChI=1S/C19H27NO8/c1-17(2,3)27-15(23)25-12-9-8-11(19(7,20)14(21)22)10-13(12)26-16(24)28-18(4,5)6/h8-10H,20H2,1-7H3,(H,21,22)/t19-/m0/s1. The number of hydrogen-bond acceptors (Lipinski definition) is 8. The highest BCUT2D eigenvalue weighted by Crippen LogP contribution is 2.33. The van der Waals surface area contributed by atoms with E-state index in [0.717, 1.165) is 0 Å². The van der Waals surface area contributed by atoms with Crippen LogP contribution in [-0.2, 0) is 19.8 Å². The van der Waals surface area contributed by atoms with Gasteiger partial charge in [-0.15, -0.1) is 0 Å². The van der Waals surface area contributed by atoms with E-state index in [1.54, 1.807) is 41.5 Å². The first-order chi connectivity index (χ1) is 12.5. The van der Waals surface area contributed by atoms with Gasteiger partial charge in [0.15, 0.2) is 11.5 Å². The quantitative estimate of drug-likeness (QED) is 0.577. The lowest BCUT2D eigenvalue weighted by Crippen LogP contribution is -2.41. The van der Waals surface area contributed by atoms with Gasteiger partial charge >= 0.3 is 18.3 Å². The fourth-order valence-corrected chi connectivity index (χ4v) is 1.84. The summed E-state index contributed by atoms with van der Waals surface area (Å²) < 4.78 is 20.4. The number of ether oxygens (including phenoxy) is 4. The van der Waals surface area contributed by atoms with E-state index >= 15 is 0 Å². The van der Waals surface area contributed by atoms with Crippen molar-refractivity contribution in [2.45, 2.75) is 65.2 Å². The summed E-state index contributed by atoms with van der Waals surface area (Å²) in [7, 11) is 0. The first-order valence-corrected chi connectivity index (χ1v) is 8.50. The first kappa shape index (κ1) is 23.2. The summed E-state index contributed by atoms with van der Waals surface area (Å²) >= 11 is 0. The molecule has 0 unspecified atom stereocenters. The van der Waals surface area contributed by atoms with Crippen molar-refractivity contribution in [1.29, 1.82) is 0 Å². The van der Waals surface area contributed by atoms with Gasteiger partial charge in [0.1, 0.15) is 16.7 Å². The maximum atomic E-state index is 12.0. The van der Waals surface area contributed by atoms with Crippen LogP contribution >= 0.6 is 0 Å². The van der Waals surface area contributed by atoms with Crippen LogP contribution in [0.2, 0.25) is 0 Å². The summed E-state index contributed by atoms with van der Waals surface area (Å²) in [5, 5.41) is 9.30. The minimum absolute atomic E-state index is 0.120. The zero-order valence-electron chi connectivity index (χ0n) is 17.1. The number of carboxylic acids is 1. The molecule has 0 amide bonds. The zero-order valence-corrected chi connectivity index (χ0v) is 17.1. The second-order valence-electron chi connectivity index (χ2n) is 8.30. The molecular formula is C19H27NO8. The van der Waals surface area contributed by atoms with Gasteiger partial charge < -0.3 is 29.8 Å². The first-order valence-electron chi connectivity index (χ1n) is 8.50. The van der Waals surface area contributed by atoms with Crippen LogP contribution in [-0.4, -0.2) is 34.6 Å². The number of benzene rings is 1. The highest BCUT2D eigenvalue weighted by Gasteiger charge is 2.32. The Morgan fingerprint density at radius 3 is 1.64 bits per heavy atom. The van der Waals surface area contributed by atoms with Crippen molar-refractivity contribution in [3.8, 4) is 11.5 Å². The molecule has 0 aliphatic heterocycles. The predicted molar refractivity (Wildman–Crippen MR) is 99.3 cm³/mol. The molecule has 1 rings (SSSR count). The highest BCUT2D eigenvalue weighted by molar-refractivity contribution is 5.80. The van der Waals surface area contributed by atoms with Gasteiger partial charge in [-0.05, 0) is 66.2 Å². The third-order valence-electron chi connectivity index (χ3n) is 3.15. The normalized spacial score (nSPS) is 13.9. The summed E-state index contributed by atoms with van der Waals surface area (Å²) in [5.41, 5.74) is 2.53. The van der Waals surface area contributed by atoms with E-state index in [1.165, 1.54) is 25.1 Å². The Hall–Kier alpha value is -2.81. The van der Waals surface area contributed by atoms with E-state index in [1.807, 2.05) is 0 Å². The van der Waals surface area contributed by atoms with E-state index in [-0.39, 0.29) is 17.1 Å². The molecule has 3 N–H and O–H groups in total. The fourth-order valence-electron chi connectivity index (χ4n) is 1.84. The van der Waals surface area contributed by atoms with Crippen LogP contribution < -0.4 is 15.2 Å². The van der Waals surface area contributed by atoms with Gasteiger partial charge in [-0.1, -0.05) is 6.07 Å². The second kappa shape index (κ2) is 8.05. The van der Waals surface area contributed by atoms with Crippen molar-refractivity contribution in [2.24, 2.45) is 5.73 Å². The Morgan fingerprint density at radius 2 is 1.25 bits per heavy atom. The molecule has 0 heterocycles. The SMILES string of the molecule is CC(C)(C)OC(=O)Oc1ccc([C@](C)(N)C(=O)O)cc1OC(=O)OC(C)(C)C. The molecule has 1 aromatic rings. The molecule has 0 aliphatic carbocycles. The van der Waals surface area contributed by atoms with Crippen molar-refractivity contribution < 1.29 is 38.4 Å². The number of carboxylic acid groups (broad SMARTS) is 1. The summed E-state index contributed by atoms with van der Waals surface area (Å²) in [5.74, 6) is -1.70. The molecule has 156 valence electrons.